The van der Waals surface area contributed by atoms with E-state index in [0.717, 1.165) is 21.5 Å². The molecule has 0 atom stereocenters. The summed E-state index contributed by atoms with van der Waals surface area (Å²) in [4.78, 5) is 18.0. The van der Waals surface area contributed by atoms with Gasteiger partial charge in [0, 0.05) is 9.75 Å². The second kappa shape index (κ2) is 5.03. The summed E-state index contributed by atoms with van der Waals surface area (Å²) in [6.07, 6.45) is 1.02. The smallest absolute Gasteiger partial charge is 0.272 e. The van der Waals surface area contributed by atoms with E-state index in [1.54, 1.807) is 15.9 Å². The van der Waals surface area contributed by atoms with Gasteiger partial charge in [0.25, 0.3) is 5.56 Å². The van der Waals surface area contributed by atoms with Gasteiger partial charge in [-0.15, -0.1) is 22.7 Å². The first-order valence-electron chi connectivity index (χ1n) is 5.97. The number of aryl methyl sites for hydroxylation is 1. The highest BCUT2D eigenvalue weighted by Gasteiger charge is 2.08. The van der Waals surface area contributed by atoms with E-state index in [9.17, 15) is 4.79 Å². The molecule has 0 saturated carbocycles. The van der Waals surface area contributed by atoms with Crippen molar-refractivity contribution < 1.29 is 0 Å². The fourth-order valence-corrected chi connectivity index (χ4v) is 3.97. The van der Waals surface area contributed by atoms with Crippen LogP contribution in [0.2, 0.25) is 0 Å². The molecule has 3 aromatic rings. The lowest BCUT2D eigenvalue weighted by atomic mass is 10.3. The van der Waals surface area contributed by atoms with Crippen molar-refractivity contribution in [2.45, 2.75) is 19.9 Å². The quantitative estimate of drug-likeness (QED) is 0.748. The SMILES string of the molecule is CCc1ccc(Cn2c(=S)[nH]c3ccsc3c2=O)s1. The highest BCUT2D eigenvalue weighted by molar-refractivity contribution is 7.71. The Kier molecular flexibility index (Phi) is 3.38. The van der Waals surface area contributed by atoms with Crippen molar-refractivity contribution in [2.75, 3.05) is 0 Å². The summed E-state index contributed by atoms with van der Waals surface area (Å²) in [7, 11) is 0. The second-order valence-corrected chi connectivity index (χ2v) is 6.76. The number of rotatable bonds is 3. The summed E-state index contributed by atoms with van der Waals surface area (Å²) >= 11 is 8.47. The third-order valence-electron chi connectivity index (χ3n) is 2.97. The van der Waals surface area contributed by atoms with Crippen LogP contribution < -0.4 is 5.56 Å². The molecule has 6 heteroatoms. The first-order chi connectivity index (χ1) is 9.19. The lowest BCUT2D eigenvalue weighted by Gasteiger charge is -2.04. The van der Waals surface area contributed by atoms with Crippen LogP contribution in [0.25, 0.3) is 10.2 Å². The topological polar surface area (TPSA) is 37.8 Å². The Labute approximate surface area is 123 Å². The molecule has 0 unspecified atom stereocenters. The second-order valence-electron chi connectivity index (χ2n) is 4.21. The Morgan fingerprint density at radius 2 is 2.11 bits per heavy atom. The Balaban J connectivity index is 2.09. The summed E-state index contributed by atoms with van der Waals surface area (Å²) < 4.78 is 2.86. The summed E-state index contributed by atoms with van der Waals surface area (Å²) in [5.74, 6) is 0. The van der Waals surface area contributed by atoms with Gasteiger partial charge in [-0.3, -0.25) is 9.36 Å². The first-order valence-corrected chi connectivity index (χ1v) is 8.07. The van der Waals surface area contributed by atoms with Gasteiger partial charge >= 0.3 is 0 Å². The monoisotopic (exact) mass is 308 g/mol. The minimum absolute atomic E-state index is 0.000184. The van der Waals surface area contributed by atoms with Gasteiger partial charge < -0.3 is 4.98 Å². The lowest BCUT2D eigenvalue weighted by molar-refractivity contribution is 0.745. The highest BCUT2D eigenvalue weighted by Crippen LogP contribution is 2.19. The average molecular weight is 308 g/mol. The number of fused-ring (bicyclic) bond motifs is 1. The van der Waals surface area contributed by atoms with E-state index in [1.165, 1.54) is 16.2 Å². The van der Waals surface area contributed by atoms with Crippen LogP contribution in [-0.2, 0) is 13.0 Å². The van der Waals surface area contributed by atoms with Crippen molar-refractivity contribution in [3.63, 3.8) is 0 Å². The molecule has 1 N–H and O–H groups in total. The molecular formula is C13H12N2OS3. The zero-order valence-electron chi connectivity index (χ0n) is 10.3. The van der Waals surface area contributed by atoms with E-state index in [4.69, 9.17) is 12.2 Å². The number of hydrogen-bond donors (Lipinski definition) is 1. The molecule has 0 fully saturated rings. The van der Waals surface area contributed by atoms with Crippen LogP contribution in [0.4, 0.5) is 0 Å². The maximum Gasteiger partial charge on any atom is 0.272 e. The minimum Gasteiger partial charge on any atom is -0.331 e. The molecule has 0 bridgehead atoms. The third-order valence-corrected chi connectivity index (χ3v) is 5.41. The number of thiophene rings is 2. The van der Waals surface area contributed by atoms with Crippen LogP contribution in [-0.4, -0.2) is 9.55 Å². The fraction of sp³-hybridized carbons (Fsp3) is 0.231. The largest absolute Gasteiger partial charge is 0.331 e. The van der Waals surface area contributed by atoms with Gasteiger partial charge in [0.15, 0.2) is 4.77 Å². The van der Waals surface area contributed by atoms with Crippen LogP contribution in [0.3, 0.4) is 0 Å². The molecule has 3 nitrogen and oxygen atoms in total. The zero-order chi connectivity index (χ0) is 13.4. The number of nitrogens with one attached hydrogen (secondary N) is 1. The first kappa shape index (κ1) is 12.8. The number of H-pyrrole nitrogens is 1. The van der Waals surface area contributed by atoms with Gasteiger partial charge in [-0.1, -0.05) is 6.92 Å². The fourth-order valence-electron chi connectivity index (χ4n) is 1.97. The molecule has 0 spiro atoms. The van der Waals surface area contributed by atoms with Crippen LogP contribution in [0.5, 0.6) is 0 Å². The highest BCUT2D eigenvalue weighted by atomic mass is 32.1. The predicted molar refractivity (Wildman–Crippen MR) is 84.1 cm³/mol. The van der Waals surface area contributed by atoms with Gasteiger partial charge in [0.05, 0.1) is 12.1 Å². The number of aromatic amines is 1. The Morgan fingerprint density at radius 1 is 1.32 bits per heavy atom. The predicted octanol–water partition coefficient (Wildman–Crippen LogP) is 3.79. The molecule has 0 aliphatic rings. The molecule has 3 heterocycles. The number of hydrogen-bond acceptors (Lipinski definition) is 4. The van der Waals surface area contributed by atoms with Gasteiger partial charge in [0.2, 0.25) is 0 Å². The Morgan fingerprint density at radius 3 is 2.84 bits per heavy atom. The molecule has 19 heavy (non-hydrogen) atoms. The molecule has 98 valence electrons. The Hall–Kier alpha value is -1.24. The van der Waals surface area contributed by atoms with E-state index < -0.39 is 0 Å². The zero-order valence-corrected chi connectivity index (χ0v) is 12.8. The van der Waals surface area contributed by atoms with Crippen molar-refractivity contribution in [2.24, 2.45) is 0 Å². The number of nitrogens with zero attached hydrogens (tertiary/aromatic N) is 1. The van der Waals surface area contributed by atoms with Gasteiger partial charge in [-0.2, -0.15) is 0 Å². The minimum atomic E-state index is 0.000184. The van der Waals surface area contributed by atoms with Crippen molar-refractivity contribution in [1.82, 2.24) is 9.55 Å². The van der Waals surface area contributed by atoms with Crippen LogP contribution in [0, 0.1) is 4.77 Å². The van der Waals surface area contributed by atoms with Gasteiger partial charge in [0.1, 0.15) is 4.70 Å². The molecule has 3 aromatic heterocycles. The van der Waals surface area contributed by atoms with Gasteiger partial charge in [-0.25, -0.2) is 0 Å². The summed E-state index contributed by atoms with van der Waals surface area (Å²) in [6.45, 7) is 2.68. The normalized spacial score (nSPS) is 11.2. The maximum absolute atomic E-state index is 12.4. The van der Waals surface area contributed by atoms with E-state index in [1.807, 2.05) is 11.4 Å². The van der Waals surface area contributed by atoms with E-state index in [2.05, 4.69) is 24.0 Å². The number of aromatic nitrogens is 2. The van der Waals surface area contributed by atoms with E-state index in [-0.39, 0.29) is 5.56 Å². The van der Waals surface area contributed by atoms with Crippen LogP contribution >= 0.6 is 34.9 Å². The molecular weight excluding hydrogens is 296 g/mol. The van der Waals surface area contributed by atoms with Crippen molar-refractivity contribution in [3.05, 3.63) is 48.5 Å². The molecule has 0 radical (unpaired) electrons. The van der Waals surface area contributed by atoms with Crippen molar-refractivity contribution in [1.29, 1.82) is 0 Å². The van der Waals surface area contributed by atoms with E-state index in [0.29, 0.717) is 11.3 Å². The molecule has 0 saturated heterocycles. The van der Waals surface area contributed by atoms with Crippen LogP contribution in [0.1, 0.15) is 16.7 Å². The van der Waals surface area contributed by atoms with E-state index >= 15 is 0 Å². The molecule has 3 rings (SSSR count). The standard InChI is InChI=1S/C13H12N2OS3/c1-2-8-3-4-9(19-8)7-15-12(16)11-10(5-6-18-11)14-13(15)17/h3-6H,2,7H2,1H3,(H,14,17). The summed E-state index contributed by atoms with van der Waals surface area (Å²) in [6, 6.07) is 6.08. The Bertz CT molecular complexity index is 837. The van der Waals surface area contributed by atoms with Crippen LogP contribution in [0.15, 0.2) is 28.4 Å². The molecule has 0 aliphatic carbocycles. The average Bonchev–Trinajstić information content (AvgIpc) is 3.02. The lowest BCUT2D eigenvalue weighted by Crippen LogP contribution is -2.21. The maximum atomic E-state index is 12.4. The molecule has 0 amide bonds. The summed E-state index contributed by atoms with van der Waals surface area (Å²) in [5, 5.41) is 1.90. The third kappa shape index (κ3) is 2.31. The van der Waals surface area contributed by atoms with Gasteiger partial charge in [-0.05, 0) is 42.2 Å². The molecule has 0 aromatic carbocycles. The summed E-state index contributed by atoms with van der Waals surface area (Å²) in [5.41, 5.74) is 0.830. The van der Waals surface area contributed by atoms with Crippen molar-refractivity contribution in [3.8, 4) is 0 Å². The molecule has 0 aliphatic heterocycles. The van der Waals surface area contributed by atoms with Crippen molar-refractivity contribution >= 4 is 45.1 Å².